The molecule has 121 valence electrons. The normalized spacial score (nSPS) is 15.5. The Balaban J connectivity index is 2.33. The number of hydrogen-bond donors (Lipinski definition) is 0. The van der Waals surface area contributed by atoms with Crippen molar-refractivity contribution in [2.45, 2.75) is 36.9 Å². The number of halogens is 3. The molecule has 0 spiro atoms. The molecular weight excluding hydrogens is 323 g/mol. The van der Waals surface area contributed by atoms with Crippen LogP contribution in [0.5, 0.6) is 0 Å². The zero-order chi connectivity index (χ0) is 16.5. The highest BCUT2D eigenvalue weighted by molar-refractivity contribution is 7.89. The van der Waals surface area contributed by atoms with Gasteiger partial charge in [0, 0.05) is 0 Å². The SMILES string of the molecule is CCOC(=O)N(C1CC1)S(=O)(=O)c1c[c]c(C(F)(F)F)cc1. The van der Waals surface area contributed by atoms with Crippen LogP contribution in [0, 0.1) is 6.07 Å². The van der Waals surface area contributed by atoms with Crippen molar-refractivity contribution >= 4 is 16.1 Å². The van der Waals surface area contributed by atoms with E-state index in [1.807, 2.05) is 6.07 Å². The average molecular weight is 336 g/mol. The van der Waals surface area contributed by atoms with E-state index in [0.717, 1.165) is 6.07 Å². The molecule has 0 atom stereocenters. The predicted molar refractivity (Wildman–Crippen MR) is 69.3 cm³/mol. The summed E-state index contributed by atoms with van der Waals surface area (Å²) < 4.78 is 67.6. The first kappa shape index (κ1) is 16.6. The van der Waals surface area contributed by atoms with Crippen molar-refractivity contribution in [3.63, 3.8) is 0 Å². The zero-order valence-electron chi connectivity index (χ0n) is 11.6. The number of carbonyl (C=O) groups is 1. The van der Waals surface area contributed by atoms with Gasteiger partial charge in [-0.3, -0.25) is 0 Å². The van der Waals surface area contributed by atoms with E-state index in [9.17, 15) is 26.4 Å². The Hall–Kier alpha value is -1.77. The fourth-order valence-corrected chi connectivity index (χ4v) is 3.33. The molecule has 1 saturated carbocycles. The van der Waals surface area contributed by atoms with Crippen molar-refractivity contribution in [1.82, 2.24) is 4.31 Å². The minimum Gasteiger partial charge on any atom is -0.449 e. The van der Waals surface area contributed by atoms with Gasteiger partial charge in [0.2, 0.25) is 0 Å². The molecule has 1 aliphatic rings. The number of carbonyl (C=O) groups excluding carboxylic acids is 1. The lowest BCUT2D eigenvalue weighted by atomic mass is 10.2. The standard InChI is InChI=1S/C13H13F3NO4S/c1-2-21-12(18)17(10-5-6-10)22(19,20)11-7-3-9(4-8-11)13(14,15)16/h3,7-8,10H,2,5-6H2,1H3. The van der Waals surface area contributed by atoms with Gasteiger partial charge in [0.25, 0.3) is 10.0 Å². The second-order valence-electron chi connectivity index (χ2n) is 4.67. The van der Waals surface area contributed by atoms with E-state index in [-0.39, 0.29) is 6.61 Å². The third-order valence-electron chi connectivity index (χ3n) is 2.97. The Morgan fingerprint density at radius 3 is 2.45 bits per heavy atom. The van der Waals surface area contributed by atoms with Crippen LogP contribution in [0.1, 0.15) is 25.3 Å². The summed E-state index contributed by atoms with van der Waals surface area (Å²) in [7, 11) is -4.26. The molecule has 5 nitrogen and oxygen atoms in total. The Morgan fingerprint density at radius 2 is 2.05 bits per heavy atom. The maximum Gasteiger partial charge on any atom is 0.424 e. The second-order valence-corrected chi connectivity index (χ2v) is 6.48. The predicted octanol–water partition coefficient (Wildman–Crippen LogP) is 2.82. The molecule has 0 unspecified atom stereocenters. The summed E-state index contributed by atoms with van der Waals surface area (Å²) in [4.78, 5) is 11.4. The molecule has 1 aromatic rings. The topological polar surface area (TPSA) is 63.7 Å². The maximum atomic E-state index is 12.5. The minimum atomic E-state index is -4.61. The lowest BCUT2D eigenvalue weighted by Crippen LogP contribution is -2.39. The van der Waals surface area contributed by atoms with Gasteiger partial charge in [-0.05, 0) is 44.0 Å². The van der Waals surface area contributed by atoms with Crippen molar-refractivity contribution in [3.05, 3.63) is 29.8 Å². The van der Waals surface area contributed by atoms with E-state index in [2.05, 4.69) is 0 Å². The summed E-state index contributed by atoms with van der Waals surface area (Å²) in [5.41, 5.74) is -1.08. The lowest BCUT2D eigenvalue weighted by Gasteiger charge is -2.21. The fraction of sp³-hybridized carbons (Fsp3) is 0.462. The Morgan fingerprint density at radius 1 is 1.41 bits per heavy atom. The summed E-state index contributed by atoms with van der Waals surface area (Å²) in [6, 6.07) is 3.52. The van der Waals surface area contributed by atoms with Crippen LogP contribution in [0.4, 0.5) is 18.0 Å². The van der Waals surface area contributed by atoms with Crippen LogP contribution in [-0.2, 0) is 20.9 Å². The van der Waals surface area contributed by atoms with E-state index in [1.165, 1.54) is 6.92 Å². The van der Waals surface area contributed by atoms with Gasteiger partial charge in [-0.25, -0.2) is 13.2 Å². The Bertz CT molecular complexity index is 651. The van der Waals surface area contributed by atoms with Gasteiger partial charge < -0.3 is 4.74 Å². The van der Waals surface area contributed by atoms with Crippen LogP contribution >= 0.6 is 0 Å². The van der Waals surface area contributed by atoms with Gasteiger partial charge in [0.15, 0.2) is 0 Å². The number of ether oxygens (including phenoxy) is 1. The highest BCUT2D eigenvalue weighted by Crippen LogP contribution is 2.34. The van der Waals surface area contributed by atoms with E-state index < -0.39 is 38.8 Å². The van der Waals surface area contributed by atoms with Crippen molar-refractivity contribution < 1.29 is 31.1 Å². The molecular formula is C13H13F3NO4S. The molecule has 0 heterocycles. The molecule has 9 heteroatoms. The number of amides is 1. The molecule has 1 radical (unpaired) electrons. The van der Waals surface area contributed by atoms with E-state index in [1.54, 1.807) is 0 Å². The van der Waals surface area contributed by atoms with E-state index >= 15 is 0 Å². The summed E-state index contributed by atoms with van der Waals surface area (Å²) in [5.74, 6) is 0. The molecule has 1 fully saturated rings. The number of rotatable bonds is 4. The molecule has 1 aromatic carbocycles. The van der Waals surface area contributed by atoms with E-state index in [4.69, 9.17) is 4.74 Å². The van der Waals surface area contributed by atoms with Crippen LogP contribution in [-0.4, -0.2) is 31.5 Å². The molecule has 0 bridgehead atoms. The first-order valence-electron chi connectivity index (χ1n) is 6.48. The third kappa shape index (κ3) is 3.34. The lowest BCUT2D eigenvalue weighted by molar-refractivity contribution is -0.137. The molecule has 0 aliphatic heterocycles. The minimum absolute atomic E-state index is 0.00326. The van der Waals surface area contributed by atoms with Gasteiger partial charge in [-0.1, -0.05) is 0 Å². The average Bonchev–Trinajstić information content (AvgIpc) is 3.22. The van der Waals surface area contributed by atoms with Gasteiger partial charge in [0.05, 0.1) is 23.1 Å². The monoisotopic (exact) mass is 336 g/mol. The van der Waals surface area contributed by atoms with Crippen LogP contribution in [0.25, 0.3) is 0 Å². The summed E-state index contributed by atoms with van der Waals surface area (Å²) >= 11 is 0. The molecule has 2 rings (SSSR count). The number of hydrogen-bond acceptors (Lipinski definition) is 4. The summed E-state index contributed by atoms with van der Waals surface area (Å²) in [6.45, 7) is 1.53. The fourth-order valence-electron chi connectivity index (χ4n) is 1.80. The largest absolute Gasteiger partial charge is 0.449 e. The third-order valence-corrected chi connectivity index (χ3v) is 4.79. The highest BCUT2D eigenvalue weighted by Gasteiger charge is 2.43. The van der Waals surface area contributed by atoms with Gasteiger partial charge in [-0.2, -0.15) is 17.5 Å². The first-order chi connectivity index (χ1) is 10.2. The van der Waals surface area contributed by atoms with Gasteiger partial charge >= 0.3 is 12.3 Å². The molecule has 0 saturated heterocycles. The Labute approximate surface area is 125 Å². The number of sulfonamides is 1. The van der Waals surface area contributed by atoms with Crippen molar-refractivity contribution in [3.8, 4) is 0 Å². The van der Waals surface area contributed by atoms with Crippen molar-refractivity contribution in [2.75, 3.05) is 6.61 Å². The molecule has 0 aromatic heterocycles. The number of benzene rings is 1. The van der Waals surface area contributed by atoms with Crippen molar-refractivity contribution in [2.24, 2.45) is 0 Å². The summed E-state index contributed by atoms with van der Waals surface area (Å²) in [6.07, 6.45) is -4.63. The quantitative estimate of drug-likeness (QED) is 0.848. The molecule has 1 aliphatic carbocycles. The van der Waals surface area contributed by atoms with Gasteiger partial charge in [0.1, 0.15) is 0 Å². The van der Waals surface area contributed by atoms with Crippen LogP contribution in [0.15, 0.2) is 23.1 Å². The molecule has 1 amide bonds. The van der Waals surface area contributed by atoms with Crippen LogP contribution in [0.2, 0.25) is 0 Å². The Kier molecular flexibility index (Phi) is 4.37. The first-order valence-corrected chi connectivity index (χ1v) is 7.92. The second kappa shape index (κ2) is 5.79. The van der Waals surface area contributed by atoms with E-state index in [0.29, 0.717) is 29.3 Å². The summed E-state index contributed by atoms with van der Waals surface area (Å²) in [5, 5.41) is 0. The maximum absolute atomic E-state index is 12.5. The molecule has 0 N–H and O–H groups in total. The number of nitrogens with zero attached hydrogens (tertiary/aromatic N) is 1. The smallest absolute Gasteiger partial charge is 0.424 e. The van der Waals surface area contributed by atoms with Crippen molar-refractivity contribution in [1.29, 1.82) is 0 Å². The highest BCUT2D eigenvalue weighted by atomic mass is 32.2. The number of alkyl halides is 3. The molecule has 22 heavy (non-hydrogen) atoms. The van der Waals surface area contributed by atoms with Gasteiger partial charge in [-0.15, -0.1) is 0 Å². The van der Waals surface area contributed by atoms with Crippen LogP contribution < -0.4 is 0 Å². The van der Waals surface area contributed by atoms with Crippen LogP contribution in [0.3, 0.4) is 0 Å². The zero-order valence-corrected chi connectivity index (χ0v) is 12.4.